The van der Waals surface area contributed by atoms with Crippen molar-refractivity contribution < 1.29 is 24.9 Å². The minimum atomic E-state index is -1.69. The van der Waals surface area contributed by atoms with Crippen molar-refractivity contribution in [1.29, 1.82) is 0 Å². The number of aldehydes is 1. The number of aryl methyl sites for hydroxylation is 1. The lowest BCUT2D eigenvalue weighted by Gasteiger charge is -2.11. The van der Waals surface area contributed by atoms with Gasteiger partial charge in [0.15, 0.2) is 6.10 Å². The molecule has 0 spiro atoms. The molecule has 16 heavy (non-hydrogen) atoms. The number of aliphatic hydroxyl groups excluding tert-OH is 1. The molecule has 1 atom stereocenters. The average Bonchev–Trinajstić information content (AvgIpc) is 2.26. The number of phenols is 1. The van der Waals surface area contributed by atoms with E-state index in [0.29, 0.717) is 18.3 Å². The van der Waals surface area contributed by atoms with Crippen molar-refractivity contribution in [2.24, 2.45) is 0 Å². The van der Waals surface area contributed by atoms with E-state index in [2.05, 4.69) is 0 Å². The third kappa shape index (κ3) is 2.80. The Morgan fingerprint density at radius 2 is 2.12 bits per heavy atom. The molecule has 0 aliphatic heterocycles. The van der Waals surface area contributed by atoms with Gasteiger partial charge in [0.25, 0.3) is 0 Å². The summed E-state index contributed by atoms with van der Waals surface area (Å²) in [4.78, 5) is 20.9. The average molecular weight is 224 g/mol. The lowest BCUT2D eigenvalue weighted by atomic mass is 9.98. The summed E-state index contributed by atoms with van der Waals surface area (Å²) in [5.41, 5.74) is 0.661. The molecule has 0 amide bonds. The summed E-state index contributed by atoms with van der Waals surface area (Å²) in [5, 5.41) is 27.3. The van der Waals surface area contributed by atoms with Crippen LogP contribution in [-0.2, 0) is 16.0 Å². The molecule has 0 heterocycles. The lowest BCUT2D eigenvalue weighted by Crippen LogP contribution is -2.12. The van der Waals surface area contributed by atoms with Gasteiger partial charge in [0, 0.05) is 6.42 Å². The van der Waals surface area contributed by atoms with Crippen LogP contribution >= 0.6 is 0 Å². The van der Waals surface area contributed by atoms with E-state index in [-0.39, 0.29) is 17.7 Å². The number of phenolic OH excluding ortho intramolecular Hbond substituents is 1. The summed E-state index contributed by atoms with van der Waals surface area (Å²) in [7, 11) is 0. The summed E-state index contributed by atoms with van der Waals surface area (Å²) in [6, 6.07) is 4.08. The number of carbonyl (C=O) groups excluding carboxylic acids is 1. The lowest BCUT2D eigenvalue weighted by molar-refractivity contribution is -0.147. The van der Waals surface area contributed by atoms with Crippen molar-refractivity contribution >= 4 is 12.3 Å². The van der Waals surface area contributed by atoms with Gasteiger partial charge in [0.2, 0.25) is 0 Å². The molecule has 0 saturated heterocycles. The summed E-state index contributed by atoms with van der Waals surface area (Å²) in [6.45, 7) is 0. The molecular formula is C11H12O5. The van der Waals surface area contributed by atoms with Crippen LogP contribution in [0.25, 0.3) is 0 Å². The van der Waals surface area contributed by atoms with E-state index in [9.17, 15) is 19.8 Å². The summed E-state index contributed by atoms with van der Waals surface area (Å²) < 4.78 is 0. The third-order valence-corrected chi connectivity index (χ3v) is 2.19. The number of aromatic hydroxyl groups is 1. The maximum atomic E-state index is 10.6. The van der Waals surface area contributed by atoms with Gasteiger partial charge in [-0.2, -0.15) is 0 Å². The molecule has 0 saturated carbocycles. The van der Waals surface area contributed by atoms with E-state index in [1.807, 2.05) is 0 Å². The monoisotopic (exact) mass is 224 g/mol. The fraction of sp³-hybridized carbons (Fsp3) is 0.273. The minimum Gasteiger partial charge on any atom is -0.508 e. The number of rotatable bonds is 5. The third-order valence-electron chi connectivity index (χ3n) is 2.19. The van der Waals surface area contributed by atoms with Crippen molar-refractivity contribution in [1.82, 2.24) is 0 Å². The van der Waals surface area contributed by atoms with Gasteiger partial charge in [0.05, 0.1) is 0 Å². The van der Waals surface area contributed by atoms with E-state index in [1.54, 1.807) is 0 Å². The molecule has 1 unspecified atom stereocenters. The number of aliphatic carboxylic acids is 1. The second kappa shape index (κ2) is 5.27. The zero-order valence-electron chi connectivity index (χ0n) is 8.46. The molecular weight excluding hydrogens is 212 g/mol. The molecule has 0 aliphatic carbocycles. The molecule has 0 aromatic heterocycles. The van der Waals surface area contributed by atoms with Gasteiger partial charge < -0.3 is 20.1 Å². The highest BCUT2D eigenvalue weighted by atomic mass is 16.4. The van der Waals surface area contributed by atoms with E-state index in [1.165, 1.54) is 18.2 Å². The highest BCUT2D eigenvalue weighted by molar-refractivity contribution is 5.75. The Morgan fingerprint density at radius 3 is 2.69 bits per heavy atom. The van der Waals surface area contributed by atoms with E-state index >= 15 is 0 Å². The number of hydrogen-bond donors (Lipinski definition) is 3. The first-order chi connectivity index (χ1) is 7.56. The molecule has 5 nitrogen and oxygen atoms in total. The van der Waals surface area contributed by atoms with Gasteiger partial charge in [-0.25, -0.2) is 4.79 Å². The van der Waals surface area contributed by atoms with Crippen LogP contribution in [0.1, 0.15) is 23.7 Å². The molecule has 5 heteroatoms. The van der Waals surface area contributed by atoms with Crippen LogP contribution < -0.4 is 0 Å². The first-order valence-corrected chi connectivity index (χ1v) is 4.72. The second-order valence-corrected chi connectivity index (χ2v) is 3.33. The van der Waals surface area contributed by atoms with Gasteiger partial charge >= 0.3 is 5.97 Å². The van der Waals surface area contributed by atoms with Crippen LogP contribution in [0.15, 0.2) is 18.2 Å². The Labute approximate surface area is 92.0 Å². The fourth-order valence-corrected chi connectivity index (χ4v) is 1.41. The standard InChI is InChI=1S/C11H12O5/c12-5-1-2-7-3-4-8(13)6-9(7)10(14)11(15)16/h3-6,10,13-14H,1-2H2,(H,15,16). The van der Waals surface area contributed by atoms with Crippen molar-refractivity contribution in [2.75, 3.05) is 0 Å². The second-order valence-electron chi connectivity index (χ2n) is 3.33. The van der Waals surface area contributed by atoms with Gasteiger partial charge in [0.1, 0.15) is 12.0 Å². The summed E-state index contributed by atoms with van der Waals surface area (Å²) >= 11 is 0. The van der Waals surface area contributed by atoms with Crippen LogP contribution in [-0.4, -0.2) is 27.6 Å². The highest BCUT2D eigenvalue weighted by Crippen LogP contribution is 2.24. The molecule has 1 aromatic rings. The fourth-order valence-electron chi connectivity index (χ4n) is 1.41. The predicted octanol–water partition coefficient (Wildman–Crippen LogP) is 0.642. The zero-order valence-corrected chi connectivity index (χ0v) is 8.46. The SMILES string of the molecule is O=CCCc1ccc(O)cc1C(O)C(=O)O. The van der Waals surface area contributed by atoms with Crippen LogP contribution in [0.4, 0.5) is 0 Å². The highest BCUT2D eigenvalue weighted by Gasteiger charge is 2.19. The smallest absolute Gasteiger partial charge is 0.337 e. The molecule has 86 valence electrons. The maximum absolute atomic E-state index is 10.6. The van der Waals surface area contributed by atoms with E-state index in [4.69, 9.17) is 5.11 Å². The topological polar surface area (TPSA) is 94.8 Å². The Hall–Kier alpha value is -1.88. The minimum absolute atomic E-state index is 0.120. The number of aliphatic hydroxyl groups is 1. The van der Waals surface area contributed by atoms with Crippen molar-refractivity contribution in [2.45, 2.75) is 18.9 Å². The first-order valence-electron chi connectivity index (χ1n) is 4.72. The van der Waals surface area contributed by atoms with Gasteiger partial charge in [-0.1, -0.05) is 6.07 Å². The van der Waals surface area contributed by atoms with Crippen LogP contribution in [0, 0.1) is 0 Å². The molecule has 0 fully saturated rings. The molecule has 0 bridgehead atoms. The van der Waals surface area contributed by atoms with Crippen molar-refractivity contribution in [3.8, 4) is 5.75 Å². The molecule has 1 aromatic carbocycles. The summed E-state index contributed by atoms with van der Waals surface area (Å²) in [5.74, 6) is -1.51. The molecule has 1 rings (SSSR count). The largest absolute Gasteiger partial charge is 0.508 e. The molecule has 0 aliphatic rings. The molecule has 3 N–H and O–H groups in total. The summed E-state index contributed by atoms with van der Waals surface area (Å²) in [6.07, 6.45) is -0.397. The Kier molecular flexibility index (Phi) is 4.02. The maximum Gasteiger partial charge on any atom is 0.337 e. The zero-order chi connectivity index (χ0) is 12.1. The Balaban J connectivity index is 3.06. The number of hydrogen-bond acceptors (Lipinski definition) is 4. The Morgan fingerprint density at radius 1 is 1.44 bits per heavy atom. The molecule has 0 radical (unpaired) electrons. The van der Waals surface area contributed by atoms with Gasteiger partial charge in [-0.3, -0.25) is 0 Å². The van der Waals surface area contributed by atoms with Gasteiger partial charge in [-0.05, 0) is 29.7 Å². The van der Waals surface area contributed by atoms with Crippen LogP contribution in [0.3, 0.4) is 0 Å². The van der Waals surface area contributed by atoms with Crippen molar-refractivity contribution in [3.63, 3.8) is 0 Å². The first kappa shape index (κ1) is 12.2. The van der Waals surface area contributed by atoms with Crippen LogP contribution in [0.2, 0.25) is 0 Å². The number of carbonyl (C=O) groups is 2. The van der Waals surface area contributed by atoms with E-state index in [0.717, 1.165) is 0 Å². The van der Waals surface area contributed by atoms with E-state index < -0.39 is 12.1 Å². The number of carboxylic acids is 1. The van der Waals surface area contributed by atoms with Crippen LogP contribution in [0.5, 0.6) is 5.75 Å². The number of benzene rings is 1. The normalized spacial score (nSPS) is 12.1. The van der Waals surface area contributed by atoms with Gasteiger partial charge in [-0.15, -0.1) is 0 Å². The Bertz CT molecular complexity index is 399. The van der Waals surface area contributed by atoms with Crippen molar-refractivity contribution in [3.05, 3.63) is 29.3 Å². The number of carboxylic acid groups (broad SMARTS) is 1. The quantitative estimate of drug-likeness (QED) is 0.638. The predicted molar refractivity (Wildman–Crippen MR) is 55.1 cm³/mol.